The molecule has 1 aromatic heterocycles. The van der Waals surface area contributed by atoms with E-state index in [0.29, 0.717) is 0 Å². The van der Waals surface area contributed by atoms with Gasteiger partial charge in [0.15, 0.2) is 5.13 Å². The molecule has 0 aliphatic carbocycles. The van der Waals surface area contributed by atoms with Gasteiger partial charge in [-0.15, -0.1) is 24.8 Å². The maximum absolute atomic E-state index is 4.31. The monoisotopic (exact) mass is 319 g/mol. The second kappa shape index (κ2) is 6.85. The van der Waals surface area contributed by atoms with Crippen molar-refractivity contribution in [1.82, 2.24) is 10.3 Å². The molecular weight excluding hydrogens is 309 g/mol. The van der Waals surface area contributed by atoms with E-state index in [1.165, 1.54) is 0 Å². The van der Waals surface area contributed by atoms with Gasteiger partial charge >= 0.3 is 0 Å². The fourth-order valence-electron chi connectivity index (χ4n) is 1.25. The fraction of sp³-hybridized carbons (Fsp3) is 0.571. The minimum absolute atomic E-state index is 0. The zero-order valence-electron chi connectivity index (χ0n) is 7.40. The first-order chi connectivity index (χ1) is 5.86. The summed E-state index contributed by atoms with van der Waals surface area (Å²) in [6.07, 6.45) is 1.86. The van der Waals surface area contributed by atoms with E-state index in [2.05, 4.69) is 31.1 Å². The van der Waals surface area contributed by atoms with Gasteiger partial charge in [0.1, 0.15) is 0 Å². The normalized spacial score (nSPS) is 15.6. The molecule has 2 heterocycles. The van der Waals surface area contributed by atoms with E-state index < -0.39 is 0 Å². The summed E-state index contributed by atoms with van der Waals surface area (Å²) in [5.74, 6) is 0. The molecular formula is C7H12BrCl2N3S. The molecule has 3 nitrogen and oxygen atoms in total. The molecule has 0 amide bonds. The number of hydrogen-bond acceptors (Lipinski definition) is 4. The van der Waals surface area contributed by atoms with Crippen LogP contribution in [0.4, 0.5) is 5.13 Å². The number of nitrogens with one attached hydrogen (secondary N) is 1. The SMILES string of the molecule is Brc1cnc(N2CCNCC2)s1.Cl.Cl. The second-order valence-corrected chi connectivity index (χ2v) is 5.07. The van der Waals surface area contributed by atoms with Gasteiger partial charge in [-0.3, -0.25) is 0 Å². The van der Waals surface area contributed by atoms with Crippen molar-refractivity contribution in [2.75, 3.05) is 31.1 Å². The summed E-state index contributed by atoms with van der Waals surface area (Å²) in [7, 11) is 0. The number of halogens is 3. The number of rotatable bonds is 1. The van der Waals surface area contributed by atoms with E-state index in [4.69, 9.17) is 0 Å². The third kappa shape index (κ3) is 3.55. The second-order valence-electron chi connectivity index (χ2n) is 2.68. The van der Waals surface area contributed by atoms with Crippen LogP contribution in [0.15, 0.2) is 9.98 Å². The van der Waals surface area contributed by atoms with Gasteiger partial charge in [0.05, 0.1) is 9.98 Å². The van der Waals surface area contributed by atoms with Crippen LogP contribution in [0.1, 0.15) is 0 Å². The number of thiazole rings is 1. The number of aromatic nitrogens is 1. The summed E-state index contributed by atoms with van der Waals surface area (Å²) >= 11 is 5.11. The van der Waals surface area contributed by atoms with Crippen LogP contribution in [-0.4, -0.2) is 31.2 Å². The van der Waals surface area contributed by atoms with Gasteiger partial charge in [-0.2, -0.15) is 0 Å². The third-order valence-corrected chi connectivity index (χ3v) is 3.39. The average molecular weight is 321 g/mol. The standard InChI is InChI=1S/C7H10BrN3S.2ClH/c8-6-5-10-7(12-6)11-3-1-9-2-4-11;;/h5,9H,1-4H2;2*1H. The van der Waals surface area contributed by atoms with E-state index in [1.807, 2.05) is 6.20 Å². The van der Waals surface area contributed by atoms with E-state index in [1.54, 1.807) is 11.3 Å². The van der Waals surface area contributed by atoms with E-state index in [9.17, 15) is 0 Å². The lowest BCUT2D eigenvalue weighted by Crippen LogP contribution is -2.43. The summed E-state index contributed by atoms with van der Waals surface area (Å²) in [5, 5.41) is 4.44. The van der Waals surface area contributed by atoms with E-state index in [0.717, 1.165) is 35.1 Å². The van der Waals surface area contributed by atoms with Crippen LogP contribution in [0.3, 0.4) is 0 Å². The first kappa shape index (κ1) is 14.5. The largest absolute Gasteiger partial charge is 0.346 e. The van der Waals surface area contributed by atoms with Crippen LogP contribution in [0.2, 0.25) is 0 Å². The Morgan fingerprint density at radius 1 is 1.36 bits per heavy atom. The van der Waals surface area contributed by atoms with Gasteiger partial charge in [-0.05, 0) is 15.9 Å². The Hall–Kier alpha value is 0.450. The molecule has 1 aromatic rings. The van der Waals surface area contributed by atoms with Gasteiger partial charge in [-0.25, -0.2) is 4.98 Å². The molecule has 2 rings (SSSR count). The lowest BCUT2D eigenvalue weighted by molar-refractivity contribution is 0.588. The van der Waals surface area contributed by atoms with Crippen molar-refractivity contribution in [1.29, 1.82) is 0 Å². The summed E-state index contributed by atoms with van der Waals surface area (Å²) in [6, 6.07) is 0. The van der Waals surface area contributed by atoms with Crippen LogP contribution in [0, 0.1) is 0 Å². The molecule has 7 heteroatoms. The maximum atomic E-state index is 4.31. The molecule has 14 heavy (non-hydrogen) atoms. The Kier molecular flexibility index (Phi) is 7.07. The minimum Gasteiger partial charge on any atom is -0.346 e. The molecule has 0 radical (unpaired) electrons. The lowest BCUT2D eigenvalue weighted by Gasteiger charge is -2.26. The highest BCUT2D eigenvalue weighted by Gasteiger charge is 2.12. The molecule has 1 aliphatic heterocycles. The minimum atomic E-state index is 0. The lowest BCUT2D eigenvalue weighted by atomic mass is 10.4. The zero-order chi connectivity index (χ0) is 8.39. The molecule has 82 valence electrons. The number of hydrogen-bond donors (Lipinski definition) is 1. The summed E-state index contributed by atoms with van der Waals surface area (Å²) < 4.78 is 1.11. The van der Waals surface area contributed by atoms with E-state index >= 15 is 0 Å². The number of nitrogens with zero attached hydrogens (tertiary/aromatic N) is 2. The number of piperazine rings is 1. The Balaban J connectivity index is 0.000000845. The van der Waals surface area contributed by atoms with Crippen LogP contribution in [-0.2, 0) is 0 Å². The predicted molar refractivity (Wildman–Crippen MR) is 69.4 cm³/mol. The van der Waals surface area contributed by atoms with Crippen LogP contribution in [0.25, 0.3) is 0 Å². The van der Waals surface area contributed by atoms with Crippen molar-refractivity contribution in [2.45, 2.75) is 0 Å². The number of anilines is 1. The maximum Gasteiger partial charge on any atom is 0.186 e. The summed E-state index contributed by atoms with van der Waals surface area (Å²) in [6.45, 7) is 4.27. The molecule has 1 saturated heterocycles. The van der Waals surface area contributed by atoms with Gasteiger partial charge in [-0.1, -0.05) is 11.3 Å². The molecule has 0 spiro atoms. The molecule has 0 aromatic carbocycles. The van der Waals surface area contributed by atoms with Crippen LogP contribution < -0.4 is 10.2 Å². The quantitative estimate of drug-likeness (QED) is 0.859. The first-order valence-corrected chi connectivity index (χ1v) is 5.54. The molecule has 0 bridgehead atoms. The molecule has 0 unspecified atom stereocenters. The van der Waals surface area contributed by atoms with Gasteiger partial charge < -0.3 is 10.2 Å². The first-order valence-electron chi connectivity index (χ1n) is 3.93. The van der Waals surface area contributed by atoms with Gasteiger partial charge in [0, 0.05) is 26.2 Å². The smallest absolute Gasteiger partial charge is 0.186 e. The van der Waals surface area contributed by atoms with Crippen LogP contribution in [0.5, 0.6) is 0 Å². The van der Waals surface area contributed by atoms with Gasteiger partial charge in [0.2, 0.25) is 0 Å². The highest BCUT2D eigenvalue weighted by molar-refractivity contribution is 9.11. The topological polar surface area (TPSA) is 28.2 Å². The van der Waals surface area contributed by atoms with Crippen molar-refractivity contribution in [3.05, 3.63) is 9.98 Å². The fourth-order valence-corrected chi connectivity index (χ4v) is 2.48. The Morgan fingerprint density at radius 2 is 2.00 bits per heavy atom. The van der Waals surface area contributed by atoms with Crippen molar-refractivity contribution in [3.8, 4) is 0 Å². The Bertz CT molecular complexity index is 265. The summed E-state index contributed by atoms with van der Waals surface area (Å²) in [4.78, 5) is 6.62. The van der Waals surface area contributed by atoms with Crippen molar-refractivity contribution in [2.24, 2.45) is 0 Å². The highest BCUT2D eigenvalue weighted by atomic mass is 79.9. The van der Waals surface area contributed by atoms with Crippen molar-refractivity contribution < 1.29 is 0 Å². The third-order valence-electron chi connectivity index (χ3n) is 1.85. The van der Waals surface area contributed by atoms with E-state index in [-0.39, 0.29) is 24.8 Å². The molecule has 1 N–H and O–H groups in total. The van der Waals surface area contributed by atoms with Crippen molar-refractivity contribution in [3.63, 3.8) is 0 Å². The Labute approximate surface area is 108 Å². The average Bonchev–Trinajstić information content (AvgIpc) is 2.54. The summed E-state index contributed by atoms with van der Waals surface area (Å²) in [5.41, 5.74) is 0. The molecule has 1 aliphatic rings. The molecule has 0 atom stereocenters. The predicted octanol–water partition coefficient (Wildman–Crippen LogP) is 2.16. The van der Waals surface area contributed by atoms with Gasteiger partial charge in [0.25, 0.3) is 0 Å². The van der Waals surface area contributed by atoms with Crippen molar-refractivity contribution >= 4 is 57.2 Å². The molecule has 0 saturated carbocycles. The van der Waals surface area contributed by atoms with Crippen LogP contribution >= 0.6 is 52.1 Å². The molecule has 1 fully saturated rings. The zero-order valence-corrected chi connectivity index (χ0v) is 11.4. The Morgan fingerprint density at radius 3 is 2.50 bits per heavy atom. The highest BCUT2D eigenvalue weighted by Crippen LogP contribution is 2.26.